The maximum absolute atomic E-state index is 2.51. The Labute approximate surface area is 100 Å². The monoisotopic (exact) mass is 216 g/mol. The Hall–Kier alpha value is -0.780. The lowest BCUT2D eigenvalue weighted by atomic mass is 9.77. The average Bonchev–Trinajstić information content (AvgIpc) is 2.29. The van der Waals surface area contributed by atoms with Crippen molar-refractivity contribution in [3.8, 4) is 0 Å². The van der Waals surface area contributed by atoms with Crippen LogP contribution in [0.1, 0.15) is 46.5 Å². The summed E-state index contributed by atoms with van der Waals surface area (Å²) in [7, 11) is 0. The van der Waals surface area contributed by atoms with Crippen molar-refractivity contribution in [2.75, 3.05) is 0 Å². The van der Waals surface area contributed by atoms with Crippen molar-refractivity contribution < 1.29 is 0 Å². The molecule has 0 fully saturated rings. The van der Waals surface area contributed by atoms with Crippen LogP contribution in [-0.4, -0.2) is 0 Å². The predicted octanol–water partition coefficient (Wildman–Crippen LogP) is 4.89. The zero-order valence-electron chi connectivity index (χ0n) is 10.9. The summed E-state index contributed by atoms with van der Waals surface area (Å²) in [5.74, 6) is 2.25. The fraction of sp³-hybridized carbons (Fsp3) is 0.625. The molecule has 0 spiro atoms. The van der Waals surface area contributed by atoms with Crippen molar-refractivity contribution in [2.45, 2.75) is 46.5 Å². The molecule has 0 heteroatoms. The van der Waals surface area contributed by atoms with Crippen LogP contribution < -0.4 is 0 Å². The molecule has 88 valence electrons. The predicted molar refractivity (Wildman–Crippen MR) is 71.3 cm³/mol. The maximum Gasteiger partial charge on any atom is 0.00148 e. The first-order chi connectivity index (χ1) is 7.72. The lowest BCUT2D eigenvalue weighted by Gasteiger charge is -2.29. The molecule has 0 saturated heterocycles. The van der Waals surface area contributed by atoms with Crippen molar-refractivity contribution in [1.82, 2.24) is 0 Å². The molecule has 0 saturated carbocycles. The highest BCUT2D eigenvalue weighted by Gasteiger charge is 2.22. The fourth-order valence-electron chi connectivity index (χ4n) is 3.12. The van der Waals surface area contributed by atoms with Gasteiger partial charge in [-0.1, -0.05) is 50.6 Å². The molecule has 0 nitrogen and oxygen atoms in total. The van der Waals surface area contributed by atoms with Gasteiger partial charge in [-0.25, -0.2) is 0 Å². The van der Waals surface area contributed by atoms with Crippen LogP contribution in [0.25, 0.3) is 0 Å². The molecule has 0 aromatic rings. The minimum absolute atomic E-state index is 0.724. The molecule has 0 aliphatic heterocycles. The molecule has 2 rings (SSSR count). The molecule has 2 atom stereocenters. The third-order valence-electron chi connectivity index (χ3n) is 4.08. The van der Waals surface area contributed by atoms with E-state index in [1.54, 1.807) is 11.1 Å². The summed E-state index contributed by atoms with van der Waals surface area (Å²) in [4.78, 5) is 0. The summed E-state index contributed by atoms with van der Waals surface area (Å²) in [6.07, 6.45) is 14.8. The lowest BCUT2D eigenvalue weighted by molar-refractivity contribution is 0.432. The minimum Gasteiger partial charge on any atom is -0.0876 e. The molecule has 2 aliphatic rings. The second-order valence-corrected chi connectivity index (χ2v) is 5.49. The van der Waals surface area contributed by atoms with E-state index in [0.717, 1.165) is 17.8 Å². The van der Waals surface area contributed by atoms with Gasteiger partial charge in [-0.3, -0.25) is 0 Å². The highest BCUT2D eigenvalue weighted by molar-refractivity contribution is 5.35. The van der Waals surface area contributed by atoms with Crippen molar-refractivity contribution in [1.29, 1.82) is 0 Å². The second kappa shape index (κ2) is 5.03. The van der Waals surface area contributed by atoms with E-state index in [2.05, 4.69) is 45.1 Å². The van der Waals surface area contributed by atoms with Gasteiger partial charge >= 0.3 is 0 Å². The number of hydrogen-bond acceptors (Lipinski definition) is 0. The van der Waals surface area contributed by atoms with Gasteiger partial charge in [0.15, 0.2) is 0 Å². The minimum atomic E-state index is 0.724. The van der Waals surface area contributed by atoms with Crippen LogP contribution in [0.15, 0.2) is 35.5 Å². The highest BCUT2D eigenvalue weighted by Crippen LogP contribution is 2.36. The van der Waals surface area contributed by atoms with Crippen LogP contribution in [0.4, 0.5) is 0 Å². The Bertz CT molecular complexity index is 328. The normalized spacial score (nSPS) is 26.1. The van der Waals surface area contributed by atoms with Crippen LogP contribution in [0.2, 0.25) is 0 Å². The van der Waals surface area contributed by atoms with E-state index < -0.39 is 0 Å². The summed E-state index contributed by atoms with van der Waals surface area (Å²) in [6, 6.07) is 0. The Kier molecular flexibility index (Phi) is 3.68. The second-order valence-electron chi connectivity index (χ2n) is 5.49. The van der Waals surface area contributed by atoms with Gasteiger partial charge in [0.2, 0.25) is 0 Å². The van der Waals surface area contributed by atoms with Gasteiger partial charge in [-0.2, -0.15) is 0 Å². The maximum atomic E-state index is 2.51. The van der Waals surface area contributed by atoms with Crippen molar-refractivity contribution in [3.05, 3.63) is 35.5 Å². The zero-order chi connectivity index (χ0) is 11.5. The SMILES string of the molecule is CCC(C1=CC[C@@H]2C=CCCC2=C1)C(C)C. The zero-order valence-corrected chi connectivity index (χ0v) is 10.9. The smallest absolute Gasteiger partial charge is 0.00148 e. The van der Waals surface area contributed by atoms with Gasteiger partial charge in [-0.05, 0) is 43.1 Å². The molecule has 2 aliphatic carbocycles. The molecule has 0 aromatic heterocycles. The van der Waals surface area contributed by atoms with E-state index in [0.29, 0.717) is 0 Å². The summed E-state index contributed by atoms with van der Waals surface area (Å²) >= 11 is 0. The quantitative estimate of drug-likeness (QED) is 0.589. The van der Waals surface area contributed by atoms with Gasteiger partial charge in [0.1, 0.15) is 0 Å². The summed E-state index contributed by atoms with van der Waals surface area (Å²) in [5, 5.41) is 0. The standard InChI is InChI=1S/C16H24/c1-4-16(12(2)3)15-10-9-13-7-5-6-8-14(13)11-15/h5,7,10-13,16H,4,6,8-9H2,1-3H3/t13-,16?/m0/s1. The van der Waals surface area contributed by atoms with E-state index >= 15 is 0 Å². The van der Waals surface area contributed by atoms with E-state index in [1.807, 2.05) is 0 Å². The van der Waals surface area contributed by atoms with Crippen LogP contribution in [0.5, 0.6) is 0 Å². The number of allylic oxidation sites excluding steroid dienone is 6. The molecule has 0 amide bonds. The van der Waals surface area contributed by atoms with Crippen LogP contribution >= 0.6 is 0 Å². The number of rotatable bonds is 3. The summed E-state index contributed by atoms with van der Waals surface area (Å²) in [6.45, 7) is 7.01. The van der Waals surface area contributed by atoms with E-state index in [9.17, 15) is 0 Å². The van der Waals surface area contributed by atoms with Gasteiger partial charge in [-0.15, -0.1) is 0 Å². The first-order valence-corrected chi connectivity index (χ1v) is 6.79. The van der Waals surface area contributed by atoms with Gasteiger partial charge in [0, 0.05) is 5.92 Å². The third-order valence-corrected chi connectivity index (χ3v) is 4.08. The molecule has 16 heavy (non-hydrogen) atoms. The average molecular weight is 216 g/mol. The first-order valence-electron chi connectivity index (χ1n) is 6.79. The van der Waals surface area contributed by atoms with Crippen molar-refractivity contribution >= 4 is 0 Å². The molecule has 0 radical (unpaired) electrons. The molecular weight excluding hydrogens is 192 g/mol. The Balaban J connectivity index is 2.17. The molecular formula is C16H24. The molecule has 0 N–H and O–H groups in total. The van der Waals surface area contributed by atoms with Gasteiger partial charge in [0.05, 0.1) is 0 Å². The Morgan fingerprint density at radius 1 is 1.38 bits per heavy atom. The molecule has 0 bridgehead atoms. The number of hydrogen-bond donors (Lipinski definition) is 0. The fourth-order valence-corrected chi connectivity index (χ4v) is 3.12. The van der Waals surface area contributed by atoms with Gasteiger partial charge < -0.3 is 0 Å². The van der Waals surface area contributed by atoms with E-state index in [1.165, 1.54) is 25.7 Å². The van der Waals surface area contributed by atoms with Crippen molar-refractivity contribution in [2.24, 2.45) is 17.8 Å². The molecule has 0 heterocycles. The Morgan fingerprint density at radius 3 is 2.88 bits per heavy atom. The van der Waals surface area contributed by atoms with E-state index in [-0.39, 0.29) is 0 Å². The van der Waals surface area contributed by atoms with Crippen LogP contribution in [0.3, 0.4) is 0 Å². The summed E-state index contributed by atoms with van der Waals surface area (Å²) < 4.78 is 0. The molecule has 1 unspecified atom stereocenters. The largest absolute Gasteiger partial charge is 0.0876 e. The highest BCUT2D eigenvalue weighted by atomic mass is 14.3. The van der Waals surface area contributed by atoms with Gasteiger partial charge in [0.25, 0.3) is 0 Å². The lowest BCUT2D eigenvalue weighted by Crippen LogP contribution is -2.15. The summed E-state index contributed by atoms with van der Waals surface area (Å²) in [5.41, 5.74) is 3.29. The van der Waals surface area contributed by atoms with Crippen LogP contribution in [0, 0.1) is 17.8 Å². The van der Waals surface area contributed by atoms with E-state index in [4.69, 9.17) is 0 Å². The third kappa shape index (κ3) is 2.31. The molecule has 0 aromatic carbocycles. The topological polar surface area (TPSA) is 0 Å². The first kappa shape index (κ1) is 11.7. The Morgan fingerprint density at radius 2 is 2.19 bits per heavy atom. The number of fused-ring (bicyclic) bond motifs is 1. The van der Waals surface area contributed by atoms with Crippen LogP contribution in [-0.2, 0) is 0 Å². The van der Waals surface area contributed by atoms with Crippen molar-refractivity contribution in [3.63, 3.8) is 0 Å².